The molecule has 0 bridgehead atoms. The molecule has 0 aliphatic heterocycles. The Morgan fingerprint density at radius 1 is 0.854 bits per heavy atom. The Kier molecular flexibility index (Phi) is 10.0. The average molecular weight is 582 g/mol. The highest BCUT2D eigenvalue weighted by atomic mass is 32.2. The minimum Gasteiger partial charge on any atom is -0.497 e. The molecule has 0 aliphatic rings. The molecule has 9 nitrogen and oxygen atoms in total. The van der Waals surface area contributed by atoms with Crippen LogP contribution < -0.4 is 19.1 Å². The van der Waals surface area contributed by atoms with E-state index in [1.807, 2.05) is 27.7 Å². The van der Waals surface area contributed by atoms with Crippen molar-refractivity contribution >= 4 is 27.5 Å². The second-order valence-electron chi connectivity index (χ2n) is 10.8. The number of anilines is 1. The summed E-state index contributed by atoms with van der Waals surface area (Å²) in [6.45, 7) is 8.62. The number of carbonyl (C=O) groups is 2. The molecule has 0 saturated heterocycles. The van der Waals surface area contributed by atoms with Crippen molar-refractivity contribution in [3.8, 4) is 11.5 Å². The maximum Gasteiger partial charge on any atom is 0.264 e. The van der Waals surface area contributed by atoms with Gasteiger partial charge < -0.3 is 19.7 Å². The lowest BCUT2D eigenvalue weighted by atomic mass is 10.1. The summed E-state index contributed by atoms with van der Waals surface area (Å²) < 4.78 is 39.4. The Morgan fingerprint density at radius 3 is 1.85 bits per heavy atom. The molecule has 3 aromatic carbocycles. The second-order valence-corrected chi connectivity index (χ2v) is 12.7. The van der Waals surface area contributed by atoms with Gasteiger partial charge in [-0.1, -0.05) is 29.8 Å². The predicted molar refractivity (Wildman–Crippen MR) is 160 cm³/mol. The maximum absolute atomic E-state index is 14.0. The molecule has 0 fully saturated rings. The zero-order chi connectivity index (χ0) is 30.4. The number of nitrogens with zero attached hydrogens (tertiary/aromatic N) is 2. The standard InChI is InChI=1S/C31H39N3O6S/c1-22-8-18-28(19-9-22)41(37,38)34(25-12-16-27(40-7)17-13-25)21-29(35)33(23(2)30(36)32-31(3,4)5)20-24-10-14-26(39-6)15-11-24/h8-19,23H,20-21H2,1-7H3,(H,32,36)/t23-/m0/s1. The zero-order valence-corrected chi connectivity index (χ0v) is 25.5. The van der Waals surface area contributed by atoms with Gasteiger partial charge in [-0.25, -0.2) is 8.42 Å². The van der Waals surface area contributed by atoms with E-state index in [0.29, 0.717) is 11.5 Å². The molecule has 10 heteroatoms. The molecule has 1 N–H and O–H groups in total. The fraction of sp³-hybridized carbons (Fsp3) is 0.355. The third-order valence-electron chi connectivity index (χ3n) is 6.43. The van der Waals surface area contributed by atoms with Gasteiger partial charge in [0.15, 0.2) is 0 Å². The van der Waals surface area contributed by atoms with Crippen molar-refractivity contribution in [1.82, 2.24) is 10.2 Å². The molecule has 0 aromatic heterocycles. The van der Waals surface area contributed by atoms with Crippen LogP contribution in [0.1, 0.15) is 38.8 Å². The number of benzene rings is 3. The summed E-state index contributed by atoms with van der Waals surface area (Å²) in [6, 6.07) is 19.1. The molecule has 1 atom stereocenters. The normalized spacial score (nSPS) is 12.3. The molecule has 0 unspecified atom stereocenters. The zero-order valence-electron chi connectivity index (χ0n) is 24.7. The van der Waals surface area contributed by atoms with E-state index in [1.165, 1.54) is 24.1 Å². The summed E-state index contributed by atoms with van der Waals surface area (Å²) in [6.07, 6.45) is 0. The summed E-state index contributed by atoms with van der Waals surface area (Å²) in [7, 11) is -1.07. The van der Waals surface area contributed by atoms with Crippen LogP contribution in [-0.4, -0.2) is 57.5 Å². The Labute approximate surface area is 243 Å². The van der Waals surface area contributed by atoms with Gasteiger partial charge in [-0.05, 0) is 88.7 Å². The molecular weight excluding hydrogens is 542 g/mol. The van der Waals surface area contributed by atoms with Crippen LogP contribution in [0.3, 0.4) is 0 Å². The number of rotatable bonds is 11. The highest BCUT2D eigenvalue weighted by Crippen LogP contribution is 2.27. The first-order valence-electron chi connectivity index (χ1n) is 13.2. The highest BCUT2D eigenvalue weighted by Gasteiger charge is 2.33. The largest absolute Gasteiger partial charge is 0.497 e. The number of ether oxygens (including phenoxy) is 2. The Bertz CT molecular complexity index is 1430. The molecule has 3 aromatic rings. The SMILES string of the molecule is COc1ccc(CN(C(=O)CN(c2ccc(OC)cc2)S(=O)(=O)c2ccc(C)cc2)[C@@H](C)C(=O)NC(C)(C)C)cc1. The summed E-state index contributed by atoms with van der Waals surface area (Å²) in [5, 5.41) is 2.92. The van der Waals surface area contributed by atoms with Gasteiger partial charge in [-0.15, -0.1) is 0 Å². The molecular formula is C31H39N3O6S. The molecule has 0 aliphatic carbocycles. The van der Waals surface area contributed by atoms with Gasteiger partial charge in [0.05, 0.1) is 24.8 Å². The van der Waals surface area contributed by atoms with Gasteiger partial charge in [0.1, 0.15) is 24.1 Å². The number of hydrogen-bond donors (Lipinski definition) is 1. The van der Waals surface area contributed by atoms with Crippen LogP contribution in [0, 0.1) is 6.92 Å². The molecule has 0 radical (unpaired) electrons. The third-order valence-corrected chi connectivity index (χ3v) is 8.21. The van der Waals surface area contributed by atoms with Crippen LogP contribution in [0.5, 0.6) is 11.5 Å². The highest BCUT2D eigenvalue weighted by molar-refractivity contribution is 7.92. The van der Waals surface area contributed by atoms with E-state index >= 15 is 0 Å². The predicted octanol–water partition coefficient (Wildman–Crippen LogP) is 4.54. The van der Waals surface area contributed by atoms with E-state index in [1.54, 1.807) is 74.7 Å². The summed E-state index contributed by atoms with van der Waals surface area (Å²) >= 11 is 0. The van der Waals surface area contributed by atoms with Gasteiger partial charge in [-0.3, -0.25) is 13.9 Å². The van der Waals surface area contributed by atoms with Crippen molar-refractivity contribution in [2.75, 3.05) is 25.1 Å². The molecule has 0 saturated carbocycles. The van der Waals surface area contributed by atoms with E-state index in [4.69, 9.17) is 9.47 Å². The van der Waals surface area contributed by atoms with E-state index in [0.717, 1.165) is 15.4 Å². The van der Waals surface area contributed by atoms with Gasteiger partial charge in [0.2, 0.25) is 11.8 Å². The fourth-order valence-electron chi connectivity index (χ4n) is 4.10. The number of hydrogen-bond acceptors (Lipinski definition) is 6. The van der Waals surface area contributed by atoms with Crippen LogP contribution in [0.4, 0.5) is 5.69 Å². The van der Waals surface area contributed by atoms with Crippen molar-refractivity contribution in [3.63, 3.8) is 0 Å². The molecule has 0 spiro atoms. The summed E-state index contributed by atoms with van der Waals surface area (Å²) in [5.74, 6) is 0.307. The lowest BCUT2D eigenvalue weighted by Gasteiger charge is -2.33. The van der Waals surface area contributed by atoms with E-state index in [2.05, 4.69) is 5.32 Å². The molecule has 3 rings (SSSR count). The Balaban J connectivity index is 2.03. The van der Waals surface area contributed by atoms with Crippen molar-refractivity contribution in [2.45, 2.75) is 57.6 Å². The average Bonchev–Trinajstić information content (AvgIpc) is 2.93. The first-order chi connectivity index (χ1) is 19.2. The number of nitrogens with one attached hydrogen (secondary N) is 1. The lowest BCUT2D eigenvalue weighted by molar-refractivity contribution is -0.140. The third kappa shape index (κ3) is 8.23. The molecule has 0 heterocycles. The van der Waals surface area contributed by atoms with Crippen LogP contribution >= 0.6 is 0 Å². The first kappa shape index (κ1) is 31.5. The molecule has 220 valence electrons. The van der Waals surface area contributed by atoms with Crippen molar-refractivity contribution in [2.24, 2.45) is 0 Å². The minimum absolute atomic E-state index is 0.0481. The first-order valence-corrected chi connectivity index (χ1v) is 14.7. The fourth-order valence-corrected chi connectivity index (χ4v) is 5.51. The van der Waals surface area contributed by atoms with E-state index < -0.39 is 34.1 Å². The monoisotopic (exact) mass is 581 g/mol. The van der Waals surface area contributed by atoms with Crippen molar-refractivity contribution in [1.29, 1.82) is 0 Å². The number of sulfonamides is 1. The van der Waals surface area contributed by atoms with Crippen LogP contribution in [0.15, 0.2) is 77.7 Å². The van der Waals surface area contributed by atoms with Gasteiger partial charge in [0.25, 0.3) is 10.0 Å². The quantitative estimate of drug-likeness (QED) is 0.357. The van der Waals surface area contributed by atoms with Gasteiger partial charge >= 0.3 is 0 Å². The number of carbonyl (C=O) groups excluding carboxylic acids is 2. The van der Waals surface area contributed by atoms with E-state index in [-0.39, 0.29) is 23.0 Å². The van der Waals surface area contributed by atoms with Crippen LogP contribution in [0.2, 0.25) is 0 Å². The lowest BCUT2D eigenvalue weighted by Crippen LogP contribution is -2.54. The summed E-state index contributed by atoms with van der Waals surface area (Å²) in [4.78, 5) is 28.7. The van der Waals surface area contributed by atoms with Gasteiger partial charge in [-0.2, -0.15) is 0 Å². The van der Waals surface area contributed by atoms with Crippen LogP contribution in [0.25, 0.3) is 0 Å². The Hall–Kier alpha value is -4.05. The number of aryl methyl sites for hydroxylation is 1. The van der Waals surface area contributed by atoms with Crippen molar-refractivity contribution in [3.05, 3.63) is 83.9 Å². The smallest absolute Gasteiger partial charge is 0.264 e. The van der Waals surface area contributed by atoms with Crippen molar-refractivity contribution < 1.29 is 27.5 Å². The van der Waals surface area contributed by atoms with Gasteiger partial charge in [0, 0.05) is 12.1 Å². The topological polar surface area (TPSA) is 105 Å². The number of methoxy groups -OCH3 is 2. The molecule has 2 amide bonds. The summed E-state index contributed by atoms with van der Waals surface area (Å²) in [5.41, 5.74) is 1.42. The molecule has 41 heavy (non-hydrogen) atoms. The second kappa shape index (κ2) is 13.1. The minimum atomic E-state index is -4.15. The van der Waals surface area contributed by atoms with Crippen LogP contribution in [-0.2, 0) is 26.2 Å². The maximum atomic E-state index is 14.0. The van der Waals surface area contributed by atoms with E-state index in [9.17, 15) is 18.0 Å². The number of amides is 2. The Morgan fingerprint density at radius 2 is 1.37 bits per heavy atom.